The van der Waals surface area contributed by atoms with E-state index in [0.717, 1.165) is 0 Å². The van der Waals surface area contributed by atoms with Crippen LogP contribution in [0.25, 0.3) is 0 Å². The molecule has 0 saturated carbocycles. The second-order valence-corrected chi connectivity index (χ2v) is 6.21. The lowest BCUT2D eigenvalue weighted by molar-refractivity contribution is 0.415. The van der Waals surface area contributed by atoms with Gasteiger partial charge < -0.3 is 10.1 Å². The Balaban J connectivity index is 2.42. The number of aromatic nitrogens is 1. The average Bonchev–Trinajstić information content (AvgIpc) is 2.54. The van der Waals surface area contributed by atoms with Crippen molar-refractivity contribution < 1.29 is 13.2 Å². The van der Waals surface area contributed by atoms with E-state index < -0.39 is 10.0 Å². The predicted molar refractivity (Wildman–Crippen MR) is 82.4 cm³/mol. The Labute approximate surface area is 124 Å². The molecule has 1 aromatic heterocycles. The van der Waals surface area contributed by atoms with Gasteiger partial charge in [0.25, 0.3) is 10.0 Å². The predicted octanol–water partition coefficient (Wildman–Crippen LogP) is 1.96. The lowest BCUT2D eigenvalue weighted by Gasteiger charge is -2.20. The fourth-order valence-electron chi connectivity index (χ4n) is 1.86. The first kappa shape index (κ1) is 15.1. The molecule has 0 aliphatic rings. The molecule has 0 fully saturated rings. The SMILES string of the molecule is CNc1ncccc1S(=O)(=O)N(C)c1ccc(OC)cc1. The maximum atomic E-state index is 12.7. The molecular weight excluding hydrogens is 290 g/mol. The fourth-order valence-corrected chi connectivity index (χ4v) is 3.21. The van der Waals surface area contributed by atoms with E-state index in [-0.39, 0.29) is 4.90 Å². The normalized spacial score (nSPS) is 11.0. The van der Waals surface area contributed by atoms with E-state index in [9.17, 15) is 8.42 Å². The molecule has 0 aliphatic heterocycles. The number of pyridine rings is 1. The minimum absolute atomic E-state index is 0.130. The van der Waals surface area contributed by atoms with Gasteiger partial charge in [-0.2, -0.15) is 0 Å². The molecule has 0 saturated heterocycles. The summed E-state index contributed by atoms with van der Waals surface area (Å²) in [7, 11) is 1.01. The molecule has 2 rings (SSSR count). The summed E-state index contributed by atoms with van der Waals surface area (Å²) in [4.78, 5) is 4.16. The van der Waals surface area contributed by atoms with Crippen molar-refractivity contribution in [1.82, 2.24) is 4.98 Å². The molecule has 1 heterocycles. The first-order valence-electron chi connectivity index (χ1n) is 6.26. The number of hydrogen-bond acceptors (Lipinski definition) is 5. The highest BCUT2D eigenvalue weighted by molar-refractivity contribution is 7.93. The van der Waals surface area contributed by atoms with Crippen LogP contribution in [-0.4, -0.2) is 34.6 Å². The van der Waals surface area contributed by atoms with E-state index in [2.05, 4.69) is 10.3 Å². The van der Waals surface area contributed by atoms with E-state index in [1.807, 2.05) is 0 Å². The van der Waals surface area contributed by atoms with Gasteiger partial charge in [-0.3, -0.25) is 4.31 Å². The van der Waals surface area contributed by atoms with Gasteiger partial charge in [-0.25, -0.2) is 13.4 Å². The molecule has 1 aromatic carbocycles. The highest BCUT2D eigenvalue weighted by Gasteiger charge is 2.24. The zero-order valence-electron chi connectivity index (χ0n) is 12.1. The molecule has 21 heavy (non-hydrogen) atoms. The summed E-state index contributed by atoms with van der Waals surface area (Å²) in [6, 6.07) is 9.91. The van der Waals surface area contributed by atoms with Crippen LogP contribution in [0.4, 0.5) is 11.5 Å². The first-order chi connectivity index (χ1) is 10.0. The number of hydrogen-bond donors (Lipinski definition) is 1. The molecule has 1 N–H and O–H groups in total. The Morgan fingerprint density at radius 2 is 1.86 bits per heavy atom. The van der Waals surface area contributed by atoms with Crippen LogP contribution in [0.1, 0.15) is 0 Å². The first-order valence-corrected chi connectivity index (χ1v) is 7.70. The maximum Gasteiger partial charge on any atom is 0.267 e. The third-order valence-corrected chi connectivity index (χ3v) is 4.90. The van der Waals surface area contributed by atoms with Crippen LogP contribution in [0.3, 0.4) is 0 Å². The Hall–Kier alpha value is -2.28. The highest BCUT2D eigenvalue weighted by atomic mass is 32.2. The van der Waals surface area contributed by atoms with Crippen molar-refractivity contribution in [2.45, 2.75) is 4.90 Å². The molecular formula is C14H17N3O3S. The summed E-state index contributed by atoms with van der Waals surface area (Å²) < 4.78 is 31.6. The van der Waals surface area contributed by atoms with Gasteiger partial charge in [-0.1, -0.05) is 0 Å². The fraction of sp³-hybridized carbons (Fsp3) is 0.214. The van der Waals surface area contributed by atoms with Crippen molar-refractivity contribution in [3.8, 4) is 5.75 Å². The Morgan fingerprint density at radius 1 is 1.19 bits per heavy atom. The second-order valence-electron chi connectivity index (χ2n) is 4.27. The van der Waals surface area contributed by atoms with Gasteiger partial charge in [-0.05, 0) is 36.4 Å². The lowest BCUT2D eigenvalue weighted by Crippen LogP contribution is -2.27. The number of nitrogens with zero attached hydrogens (tertiary/aromatic N) is 2. The average molecular weight is 307 g/mol. The van der Waals surface area contributed by atoms with Crippen molar-refractivity contribution in [3.63, 3.8) is 0 Å². The van der Waals surface area contributed by atoms with Gasteiger partial charge in [-0.15, -0.1) is 0 Å². The number of sulfonamides is 1. The quantitative estimate of drug-likeness (QED) is 0.914. The number of rotatable bonds is 5. The summed E-state index contributed by atoms with van der Waals surface area (Å²) in [5.74, 6) is 0.986. The number of ether oxygens (including phenoxy) is 1. The van der Waals surface area contributed by atoms with Crippen molar-refractivity contribution in [2.75, 3.05) is 30.8 Å². The largest absolute Gasteiger partial charge is 0.497 e. The minimum atomic E-state index is -3.69. The van der Waals surface area contributed by atoms with Gasteiger partial charge in [0.1, 0.15) is 16.5 Å². The van der Waals surface area contributed by atoms with Crippen molar-refractivity contribution in [3.05, 3.63) is 42.6 Å². The topological polar surface area (TPSA) is 71.5 Å². The van der Waals surface area contributed by atoms with Crippen molar-refractivity contribution in [1.29, 1.82) is 0 Å². The molecule has 0 amide bonds. The van der Waals surface area contributed by atoms with E-state index in [4.69, 9.17) is 4.74 Å². The standard InChI is InChI=1S/C14H17N3O3S/c1-15-14-13(5-4-10-16-14)21(18,19)17(2)11-6-8-12(20-3)9-7-11/h4-10H,1-3H3,(H,15,16). The van der Waals surface area contributed by atoms with E-state index in [1.54, 1.807) is 44.5 Å². The molecule has 0 radical (unpaired) electrons. The zero-order chi connectivity index (χ0) is 15.5. The number of benzene rings is 1. The molecule has 0 unspecified atom stereocenters. The van der Waals surface area contributed by atoms with Crippen molar-refractivity contribution in [2.24, 2.45) is 0 Å². The molecule has 2 aromatic rings. The second kappa shape index (κ2) is 6.01. The molecule has 6 nitrogen and oxygen atoms in total. The number of anilines is 2. The van der Waals surface area contributed by atoms with Crippen LogP contribution in [0.5, 0.6) is 5.75 Å². The third kappa shape index (κ3) is 2.92. The van der Waals surface area contributed by atoms with Crippen LogP contribution < -0.4 is 14.4 Å². The molecule has 0 bridgehead atoms. The minimum Gasteiger partial charge on any atom is -0.497 e. The van der Waals surface area contributed by atoms with Gasteiger partial charge in [0.2, 0.25) is 0 Å². The summed E-state index contributed by atoms with van der Waals surface area (Å²) in [5.41, 5.74) is 0.543. The molecule has 0 aliphatic carbocycles. The molecule has 112 valence electrons. The van der Waals surface area contributed by atoms with Crippen LogP contribution >= 0.6 is 0 Å². The molecule has 0 atom stereocenters. The third-order valence-electron chi connectivity index (χ3n) is 3.08. The zero-order valence-corrected chi connectivity index (χ0v) is 12.9. The Morgan fingerprint density at radius 3 is 2.43 bits per heavy atom. The summed E-state index contributed by atoms with van der Waals surface area (Å²) in [5, 5.41) is 2.79. The van der Waals surface area contributed by atoms with Crippen LogP contribution in [0, 0.1) is 0 Å². The summed E-state index contributed by atoms with van der Waals surface area (Å²) >= 11 is 0. The lowest BCUT2D eigenvalue weighted by atomic mass is 10.3. The summed E-state index contributed by atoms with van der Waals surface area (Å²) in [6.07, 6.45) is 1.54. The smallest absolute Gasteiger partial charge is 0.267 e. The van der Waals surface area contributed by atoms with Gasteiger partial charge >= 0.3 is 0 Å². The number of methoxy groups -OCH3 is 1. The molecule has 7 heteroatoms. The van der Waals surface area contributed by atoms with Gasteiger partial charge in [0.05, 0.1) is 12.8 Å². The summed E-state index contributed by atoms with van der Waals surface area (Å²) in [6.45, 7) is 0. The Kier molecular flexibility index (Phi) is 4.32. The van der Waals surface area contributed by atoms with Crippen LogP contribution in [-0.2, 0) is 10.0 Å². The van der Waals surface area contributed by atoms with Gasteiger partial charge in [0, 0.05) is 20.3 Å². The molecule has 0 spiro atoms. The van der Waals surface area contributed by atoms with Crippen molar-refractivity contribution >= 4 is 21.5 Å². The maximum absolute atomic E-state index is 12.7. The van der Waals surface area contributed by atoms with E-state index in [1.165, 1.54) is 23.6 Å². The Bertz CT molecular complexity index is 714. The van der Waals surface area contributed by atoms with Gasteiger partial charge in [0.15, 0.2) is 0 Å². The van der Waals surface area contributed by atoms with Crippen LogP contribution in [0.15, 0.2) is 47.5 Å². The number of nitrogens with one attached hydrogen (secondary N) is 1. The highest BCUT2D eigenvalue weighted by Crippen LogP contribution is 2.26. The van der Waals surface area contributed by atoms with E-state index in [0.29, 0.717) is 17.3 Å². The van der Waals surface area contributed by atoms with Crippen LogP contribution in [0.2, 0.25) is 0 Å². The van der Waals surface area contributed by atoms with E-state index >= 15 is 0 Å². The monoisotopic (exact) mass is 307 g/mol.